The number of benzene rings is 1. The highest BCUT2D eigenvalue weighted by atomic mass is 16.3. The maximum absolute atomic E-state index is 9.39. The molecule has 1 aromatic heterocycles. The Kier molecular flexibility index (Phi) is 4.96. The number of aromatic nitrogens is 4. The van der Waals surface area contributed by atoms with Crippen molar-refractivity contribution in [1.29, 1.82) is 0 Å². The van der Waals surface area contributed by atoms with E-state index in [1.165, 1.54) is 0 Å². The van der Waals surface area contributed by atoms with Crippen LogP contribution in [-0.4, -0.2) is 50.1 Å². The van der Waals surface area contributed by atoms with Crippen LogP contribution < -0.4 is 5.32 Å². The van der Waals surface area contributed by atoms with Crippen LogP contribution in [0.25, 0.3) is 0 Å². The molecule has 0 saturated carbocycles. The van der Waals surface area contributed by atoms with E-state index in [1.807, 2.05) is 30.3 Å². The molecule has 0 aliphatic carbocycles. The van der Waals surface area contributed by atoms with Gasteiger partial charge in [-0.1, -0.05) is 35.5 Å². The molecule has 7 heteroatoms. The molecule has 102 valence electrons. The summed E-state index contributed by atoms with van der Waals surface area (Å²) in [6, 6.07) is 9.74. The summed E-state index contributed by atoms with van der Waals surface area (Å²) >= 11 is 0. The number of aliphatic hydroxyl groups is 2. The van der Waals surface area contributed by atoms with Crippen molar-refractivity contribution < 1.29 is 10.2 Å². The first-order valence-electron chi connectivity index (χ1n) is 6.09. The van der Waals surface area contributed by atoms with Crippen molar-refractivity contribution in [3.63, 3.8) is 0 Å². The minimum absolute atomic E-state index is 0.164. The molecule has 1 aromatic carbocycles. The summed E-state index contributed by atoms with van der Waals surface area (Å²) in [5, 5.41) is 35.2. The van der Waals surface area contributed by atoms with Crippen LogP contribution in [0.4, 0.5) is 0 Å². The Bertz CT molecular complexity index is 462. The van der Waals surface area contributed by atoms with Crippen LogP contribution >= 0.6 is 0 Å². The highest BCUT2D eigenvalue weighted by Crippen LogP contribution is 2.13. The van der Waals surface area contributed by atoms with E-state index in [2.05, 4.69) is 25.9 Å². The zero-order valence-corrected chi connectivity index (χ0v) is 10.4. The lowest BCUT2D eigenvalue weighted by Crippen LogP contribution is -2.33. The van der Waals surface area contributed by atoms with Crippen LogP contribution in [0.15, 0.2) is 30.3 Å². The van der Waals surface area contributed by atoms with Crippen LogP contribution in [0.2, 0.25) is 0 Å². The lowest BCUT2D eigenvalue weighted by atomic mass is 10.1. The molecule has 0 aliphatic heterocycles. The molecular formula is C12H17N5O2. The van der Waals surface area contributed by atoms with E-state index in [-0.39, 0.29) is 19.2 Å². The second-order valence-corrected chi connectivity index (χ2v) is 4.26. The molecule has 2 atom stereocenters. The number of hydrogen-bond donors (Lipinski definition) is 4. The third kappa shape index (κ3) is 4.09. The van der Waals surface area contributed by atoms with E-state index >= 15 is 0 Å². The second-order valence-electron chi connectivity index (χ2n) is 4.26. The molecule has 4 N–H and O–H groups in total. The Morgan fingerprint density at radius 3 is 2.68 bits per heavy atom. The van der Waals surface area contributed by atoms with Crippen molar-refractivity contribution in [3.05, 3.63) is 41.7 Å². The van der Waals surface area contributed by atoms with Crippen LogP contribution in [0.3, 0.4) is 0 Å². The molecule has 0 spiro atoms. The van der Waals surface area contributed by atoms with Gasteiger partial charge in [0.15, 0.2) is 5.82 Å². The molecule has 0 bridgehead atoms. The van der Waals surface area contributed by atoms with Crippen LogP contribution in [-0.2, 0) is 6.42 Å². The number of rotatable bonds is 7. The Morgan fingerprint density at radius 1 is 1.26 bits per heavy atom. The number of tetrazole rings is 1. The first kappa shape index (κ1) is 13.6. The average molecular weight is 263 g/mol. The number of aliphatic hydroxyl groups excluding tert-OH is 2. The molecular weight excluding hydrogens is 246 g/mol. The quantitative estimate of drug-likeness (QED) is 0.533. The van der Waals surface area contributed by atoms with Gasteiger partial charge in [0, 0.05) is 6.54 Å². The van der Waals surface area contributed by atoms with Gasteiger partial charge in [-0.05, 0) is 12.0 Å². The number of nitrogens with one attached hydrogen (secondary N) is 2. The van der Waals surface area contributed by atoms with Crippen molar-refractivity contribution >= 4 is 0 Å². The fourth-order valence-electron chi connectivity index (χ4n) is 1.76. The molecule has 2 unspecified atom stereocenters. The number of nitrogens with zero attached hydrogens (tertiary/aromatic N) is 3. The second kappa shape index (κ2) is 6.93. The Morgan fingerprint density at radius 2 is 2.05 bits per heavy atom. The molecule has 0 amide bonds. The summed E-state index contributed by atoms with van der Waals surface area (Å²) in [7, 11) is 0. The van der Waals surface area contributed by atoms with Crippen LogP contribution in [0.5, 0.6) is 0 Å². The van der Waals surface area contributed by atoms with Gasteiger partial charge in [0.2, 0.25) is 0 Å². The smallest absolute Gasteiger partial charge is 0.191 e. The Labute approximate surface area is 110 Å². The van der Waals surface area contributed by atoms with Crippen molar-refractivity contribution in [2.24, 2.45) is 0 Å². The van der Waals surface area contributed by atoms with Gasteiger partial charge in [-0.2, -0.15) is 5.21 Å². The van der Waals surface area contributed by atoms with E-state index in [0.29, 0.717) is 12.2 Å². The largest absolute Gasteiger partial charge is 0.394 e. The Hall–Kier alpha value is -1.83. The van der Waals surface area contributed by atoms with Gasteiger partial charge in [0.1, 0.15) is 0 Å². The molecule has 2 rings (SSSR count). The van der Waals surface area contributed by atoms with Gasteiger partial charge in [-0.3, -0.25) is 0 Å². The predicted octanol–water partition coefficient (Wildman–Crippen LogP) is -0.574. The SMILES string of the molecule is OCC(O)CNC(Cc1ccccc1)c1nn[nH]n1. The first-order valence-corrected chi connectivity index (χ1v) is 6.09. The zero-order chi connectivity index (χ0) is 13.5. The molecule has 2 aromatic rings. The Balaban J connectivity index is 2.02. The molecule has 0 aliphatic rings. The van der Waals surface area contributed by atoms with Crippen LogP contribution in [0, 0.1) is 0 Å². The number of aromatic amines is 1. The molecule has 0 saturated heterocycles. The van der Waals surface area contributed by atoms with Crippen molar-refractivity contribution in [1.82, 2.24) is 25.9 Å². The third-order valence-electron chi connectivity index (χ3n) is 2.77. The van der Waals surface area contributed by atoms with Crippen molar-refractivity contribution in [3.8, 4) is 0 Å². The highest BCUT2D eigenvalue weighted by molar-refractivity contribution is 5.17. The fraction of sp³-hybridized carbons (Fsp3) is 0.417. The topological polar surface area (TPSA) is 107 Å². The van der Waals surface area contributed by atoms with Gasteiger partial charge < -0.3 is 15.5 Å². The summed E-state index contributed by atoms with van der Waals surface area (Å²) in [4.78, 5) is 0. The lowest BCUT2D eigenvalue weighted by molar-refractivity contribution is 0.0915. The summed E-state index contributed by atoms with van der Waals surface area (Å²) in [5.41, 5.74) is 1.13. The van der Waals surface area contributed by atoms with E-state index in [4.69, 9.17) is 5.11 Å². The predicted molar refractivity (Wildman–Crippen MR) is 68.2 cm³/mol. The van der Waals surface area contributed by atoms with E-state index in [9.17, 15) is 5.11 Å². The van der Waals surface area contributed by atoms with Crippen molar-refractivity contribution in [2.75, 3.05) is 13.2 Å². The van der Waals surface area contributed by atoms with E-state index in [1.54, 1.807) is 0 Å². The normalized spacial score (nSPS) is 14.2. The summed E-state index contributed by atoms with van der Waals surface area (Å²) in [6.07, 6.45) is -0.122. The maximum Gasteiger partial charge on any atom is 0.191 e. The van der Waals surface area contributed by atoms with Gasteiger partial charge in [0.25, 0.3) is 0 Å². The summed E-state index contributed by atoms with van der Waals surface area (Å²) in [5.74, 6) is 0.536. The van der Waals surface area contributed by atoms with Crippen LogP contribution in [0.1, 0.15) is 17.4 Å². The standard InChI is InChI=1S/C12H17N5O2/c18-8-10(19)7-13-11(12-14-16-17-15-12)6-9-4-2-1-3-5-9/h1-5,10-11,13,18-19H,6-8H2,(H,14,15,16,17). The number of hydrogen-bond acceptors (Lipinski definition) is 6. The zero-order valence-electron chi connectivity index (χ0n) is 10.4. The highest BCUT2D eigenvalue weighted by Gasteiger charge is 2.17. The molecule has 0 radical (unpaired) electrons. The summed E-state index contributed by atoms with van der Waals surface area (Å²) in [6.45, 7) is -0.0140. The lowest BCUT2D eigenvalue weighted by Gasteiger charge is -2.17. The maximum atomic E-state index is 9.39. The monoisotopic (exact) mass is 263 g/mol. The number of H-pyrrole nitrogens is 1. The van der Waals surface area contributed by atoms with Gasteiger partial charge >= 0.3 is 0 Å². The fourth-order valence-corrected chi connectivity index (χ4v) is 1.76. The first-order chi connectivity index (χ1) is 9.29. The molecule has 0 fully saturated rings. The average Bonchev–Trinajstić information content (AvgIpc) is 2.98. The minimum atomic E-state index is -0.801. The summed E-state index contributed by atoms with van der Waals surface area (Å²) < 4.78 is 0. The molecule has 1 heterocycles. The molecule has 7 nitrogen and oxygen atoms in total. The van der Waals surface area contributed by atoms with Gasteiger partial charge in [-0.25, -0.2) is 0 Å². The molecule has 19 heavy (non-hydrogen) atoms. The van der Waals surface area contributed by atoms with E-state index in [0.717, 1.165) is 5.56 Å². The van der Waals surface area contributed by atoms with Gasteiger partial charge in [0.05, 0.1) is 18.8 Å². The minimum Gasteiger partial charge on any atom is -0.394 e. The van der Waals surface area contributed by atoms with E-state index < -0.39 is 6.10 Å². The van der Waals surface area contributed by atoms with Gasteiger partial charge in [-0.15, -0.1) is 10.2 Å². The van der Waals surface area contributed by atoms with Crippen molar-refractivity contribution in [2.45, 2.75) is 18.6 Å². The third-order valence-corrected chi connectivity index (χ3v) is 2.77.